The van der Waals surface area contributed by atoms with Crippen molar-refractivity contribution in [2.24, 2.45) is 0 Å². The lowest BCUT2D eigenvalue weighted by molar-refractivity contribution is -0.116. The van der Waals surface area contributed by atoms with Gasteiger partial charge in [0.15, 0.2) is 0 Å². The fourth-order valence-corrected chi connectivity index (χ4v) is 3.61. The largest absolute Gasteiger partial charge is 0.362 e. The predicted octanol–water partition coefficient (Wildman–Crippen LogP) is 4.10. The summed E-state index contributed by atoms with van der Waals surface area (Å²) in [6.07, 6.45) is 1.42. The smallest absolute Gasteiger partial charge is 0.224 e. The average molecular weight is 348 g/mol. The van der Waals surface area contributed by atoms with Crippen molar-refractivity contribution < 1.29 is 4.79 Å². The molecule has 1 aliphatic rings. The molecule has 0 aliphatic carbocycles. The summed E-state index contributed by atoms with van der Waals surface area (Å²) >= 11 is 0. The second kappa shape index (κ2) is 6.83. The van der Waals surface area contributed by atoms with Gasteiger partial charge < -0.3 is 14.8 Å². The van der Waals surface area contributed by atoms with Gasteiger partial charge in [-0.2, -0.15) is 0 Å². The van der Waals surface area contributed by atoms with E-state index in [2.05, 4.69) is 45.1 Å². The number of amides is 1. The fraction of sp³-hybridized carbons (Fsp3) is 0.333. The number of aryl methyl sites for hydroxylation is 1. The molecule has 5 nitrogen and oxygen atoms in total. The van der Waals surface area contributed by atoms with Crippen LogP contribution in [0.15, 0.2) is 42.5 Å². The highest BCUT2D eigenvalue weighted by Gasteiger charge is 2.20. The van der Waals surface area contributed by atoms with Crippen LogP contribution >= 0.6 is 0 Å². The minimum absolute atomic E-state index is 0.0787. The minimum atomic E-state index is 0.0787. The van der Waals surface area contributed by atoms with Gasteiger partial charge in [-0.3, -0.25) is 4.79 Å². The van der Waals surface area contributed by atoms with Gasteiger partial charge in [0, 0.05) is 30.9 Å². The number of hydrogen-bond acceptors (Lipinski definition) is 3. The Morgan fingerprint density at radius 3 is 2.85 bits per heavy atom. The fourth-order valence-electron chi connectivity index (χ4n) is 3.61. The molecule has 0 unspecified atom stereocenters. The van der Waals surface area contributed by atoms with E-state index in [1.54, 1.807) is 0 Å². The highest BCUT2D eigenvalue weighted by molar-refractivity contribution is 5.91. The molecule has 4 rings (SSSR count). The van der Waals surface area contributed by atoms with Crippen molar-refractivity contribution in [1.82, 2.24) is 9.55 Å². The molecule has 2 heterocycles. The maximum atomic E-state index is 11.8. The van der Waals surface area contributed by atoms with Crippen LogP contribution in [0.1, 0.15) is 31.2 Å². The molecule has 0 saturated carbocycles. The summed E-state index contributed by atoms with van der Waals surface area (Å²) in [5.74, 6) is 1.19. The summed E-state index contributed by atoms with van der Waals surface area (Å²) in [4.78, 5) is 19.0. The van der Waals surface area contributed by atoms with E-state index in [0.717, 1.165) is 48.6 Å². The maximum absolute atomic E-state index is 11.8. The van der Waals surface area contributed by atoms with E-state index in [1.165, 1.54) is 11.2 Å². The Balaban J connectivity index is 1.55. The SMILES string of the molecule is CCCC(=O)Nc1ccc(N2CCn3c(nc4ccccc43)C2)cc1C. The van der Waals surface area contributed by atoms with E-state index in [1.807, 2.05) is 26.0 Å². The molecule has 3 aromatic rings. The number of nitrogens with one attached hydrogen (secondary N) is 1. The number of fused-ring (bicyclic) bond motifs is 3. The number of carbonyl (C=O) groups excluding carboxylic acids is 1. The van der Waals surface area contributed by atoms with E-state index in [0.29, 0.717) is 6.42 Å². The number of anilines is 2. The van der Waals surface area contributed by atoms with Crippen molar-refractivity contribution in [3.05, 3.63) is 53.9 Å². The van der Waals surface area contributed by atoms with E-state index in [9.17, 15) is 4.79 Å². The Hall–Kier alpha value is -2.82. The third-order valence-corrected chi connectivity index (χ3v) is 4.99. The van der Waals surface area contributed by atoms with Crippen LogP contribution in [0.3, 0.4) is 0 Å². The lowest BCUT2D eigenvalue weighted by Crippen LogP contribution is -2.33. The van der Waals surface area contributed by atoms with E-state index < -0.39 is 0 Å². The van der Waals surface area contributed by atoms with Crippen LogP contribution in [-0.2, 0) is 17.9 Å². The van der Waals surface area contributed by atoms with E-state index in [4.69, 9.17) is 4.98 Å². The summed E-state index contributed by atoms with van der Waals surface area (Å²) < 4.78 is 2.32. The first kappa shape index (κ1) is 16.6. The van der Waals surface area contributed by atoms with Crippen LogP contribution in [0.5, 0.6) is 0 Å². The second-order valence-electron chi connectivity index (χ2n) is 6.89. The molecule has 0 bridgehead atoms. The van der Waals surface area contributed by atoms with Crippen molar-refractivity contribution in [3.63, 3.8) is 0 Å². The van der Waals surface area contributed by atoms with Gasteiger partial charge in [0.05, 0.1) is 17.6 Å². The van der Waals surface area contributed by atoms with E-state index >= 15 is 0 Å². The number of para-hydroxylation sites is 2. The number of hydrogen-bond donors (Lipinski definition) is 1. The van der Waals surface area contributed by atoms with Crippen molar-refractivity contribution in [2.45, 2.75) is 39.8 Å². The highest BCUT2D eigenvalue weighted by Crippen LogP contribution is 2.27. The van der Waals surface area contributed by atoms with Gasteiger partial charge >= 0.3 is 0 Å². The monoisotopic (exact) mass is 348 g/mol. The first-order valence-electron chi connectivity index (χ1n) is 9.25. The van der Waals surface area contributed by atoms with Crippen molar-refractivity contribution >= 4 is 28.3 Å². The molecule has 0 saturated heterocycles. The third kappa shape index (κ3) is 3.05. The summed E-state index contributed by atoms with van der Waals surface area (Å²) in [7, 11) is 0. The predicted molar refractivity (Wildman–Crippen MR) is 105 cm³/mol. The Labute approximate surface area is 153 Å². The van der Waals surface area contributed by atoms with Crippen molar-refractivity contribution in [3.8, 4) is 0 Å². The molecule has 5 heteroatoms. The maximum Gasteiger partial charge on any atom is 0.224 e. The average Bonchev–Trinajstić information content (AvgIpc) is 3.01. The van der Waals surface area contributed by atoms with Gasteiger partial charge in [-0.05, 0) is 49.2 Å². The van der Waals surface area contributed by atoms with Crippen LogP contribution in [0.25, 0.3) is 11.0 Å². The minimum Gasteiger partial charge on any atom is -0.362 e. The standard InChI is InChI=1S/C21H24N4O/c1-3-6-21(26)23-17-10-9-16(13-15(17)2)24-11-12-25-19-8-5-4-7-18(19)22-20(25)14-24/h4-5,7-10,13H,3,6,11-12,14H2,1-2H3,(H,23,26). The Bertz CT molecular complexity index is 960. The number of benzene rings is 2. The van der Waals surface area contributed by atoms with Gasteiger partial charge in [-0.15, -0.1) is 0 Å². The quantitative estimate of drug-likeness (QED) is 0.772. The molecule has 2 aromatic carbocycles. The summed E-state index contributed by atoms with van der Waals surface area (Å²) in [6, 6.07) is 14.6. The molecule has 1 aromatic heterocycles. The molecule has 0 spiro atoms. The van der Waals surface area contributed by atoms with Crippen LogP contribution in [0.4, 0.5) is 11.4 Å². The first-order chi connectivity index (χ1) is 12.7. The summed E-state index contributed by atoms with van der Waals surface area (Å²) in [5.41, 5.74) is 5.44. The van der Waals surface area contributed by atoms with Gasteiger partial charge in [0.25, 0.3) is 0 Å². The lowest BCUT2D eigenvalue weighted by Gasteiger charge is -2.30. The number of rotatable bonds is 4. The summed E-state index contributed by atoms with van der Waals surface area (Å²) in [6.45, 7) is 6.75. The molecule has 26 heavy (non-hydrogen) atoms. The summed E-state index contributed by atoms with van der Waals surface area (Å²) in [5, 5.41) is 3.00. The molecule has 0 radical (unpaired) electrons. The lowest BCUT2D eigenvalue weighted by atomic mass is 10.1. The normalized spacial score (nSPS) is 13.7. The molecular formula is C21H24N4O. The van der Waals surface area contributed by atoms with Gasteiger partial charge in [0.2, 0.25) is 5.91 Å². The van der Waals surface area contributed by atoms with Crippen LogP contribution in [-0.4, -0.2) is 22.0 Å². The number of aromatic nitrogens is 2. The number of nitrogens with zero attached hydrogens (tertiary/aromatic N) is 3. The van der Waals surface area contributed by atoms with Crippen LogP contribution < -0.4 is 10.2 Å². The molecule has 1 aliphatic heterocycles. The number of carbonyl (C=O) groups is 1. The van der Waals surface area contributed by atoms with Gasteiger partial charge in [-0.1, -0.05) is 19.1 Å². The van der Waals surface area contributed by atoms with Crippen LogP contribution in [0.2, 0.25) is 0 Å². The third-order valence-electron chi connectivity index (χ3n) is 4.99. The number of imidazole rings is 1. The molecule has 0 atom stereocenters. The Morgan fingerprint density at radius 2 is 2.04 bits per heavy atom. The zero-order valence-electron chi connectivity index (χ0n) is 15.3. The Kier molecular flexibility index (Phi) is 4.37. The molecule has 0 fully saturated rings. The van der Waals surface area contributed by atoms with Crippen molar-refractivity contribution in [1.29, 1.82) is 0 Å². The zero-order valence-corrected chi connectivity index (χ0v) is 15.3. The topological polar surface area (TPSA) is 50.2 Å². The molecule has 1 N–H and O–H groups in total. The Morgan fingerprint density at radius 1 is 1.19 bits per heavy atom. The first-order valence-corrected chi connectivity index (χ1v) is 9.25. The van der Waals surface area contributed by atoms with Crippen molar-refractivity contribution in [2.75, 3.05) is 16.8 Å². The van der Waals surface area contributed by atoms with Gasteiger partial charge in [-0.25, -0.2) is 4.98 Å². The second-order valence-corrected chi connectivity index (χ2v) is 6.89. The molecular weight excluding hydrogens is 324 g/mol. The van der Waals surface area contributed by atoms with E-state index in [-0.39, 0.29) is 5.91 Å². The highest BCUT2D eigenvalue weighted by atomic mass is 16.1. The van der Waals surface area contributed by atoms with Crippen LogP contribution in [0, 0.1) is 6.92 Å². The molecule has 134 valence electrons. The zero-order chi connectivity index (χ0) is 18.1. The molecule has 1 amide bonds. The van der Waals surface area contributed by atoms with Gasteiger partial charge in [0.1, 0.15) is 5.82 Å².